The van der Waals surface area contributed by atoms with Crippen LogP contribution in [0.5, 0.6) is 0 Å². The maximum Gasteiger partial charge on any atom is 0.417 e. The summed E-state index contributed by atoms with van der Waals surface area (Å²) in [5, 5.41) is 63.3. The Labute approximate surface area is 379 Å². The van der Waals surface area contributed by atoms with E-state index in [-0.39, 0.29) is 36.0 Å². The minimum atomic E-state index is -1.22. The van der Waals surface area contributed by atoms with E-state index in [2.05, 4.69) is 10.6 Å². The Balaban J connectivity index is 1.49. The summed E-state index contributed by atoms with van der Waals surface area (Å²) < 4.78 is 21.0. The fourth-order valence-corrected chi connectivity index (χ4v) is 7.42. The van der Waals surface area contributed by atoms with Crippen molar-refractivity contribution in [3.8, 4) is 0 Å². The molecule has 4 N–H and O–H groups in total. The van der Waals surface area contributed by atoms with Crippen molar-refractivity contribution in [2.24, 2.45) is 0 Å². The minimum Gasteiger partial charge on any atom is -0.444 e. The van der Waals surface area contributed by atoms with E-state index in [0.29, 0.717) is 32.1 Å². The molecular weight excluding hydrogens is 917 g/mol. The van der Waals surface area contributed by atoms with Crippen LogP contribution in [0.2, 0.25) is 0 Å². The summed E-state index contributed by atoms with van der Waals surface area (Å²) in [6.07, 6.45) is -4.84. The predicted molar refractivity (Wildman–Crippen MR) is 233 cm³/mol. The zero-order valence-corrected chi connectivity index (χ0v) is 35.9. The molecule has 0 aliphatic carbocycles. The third kappa shape index (κ3) is 15.1. The van der Waals surface area contributed by atoms with Crippen molar-refractivity contribution in [3.63, 3.8) is 0 Å². The van der Waals surface area contributed by atoms with Crippen LogP contribution >= 0.6 is 21.6 Å². The first-order chi connectivity index (χ1) is 31.3. The molecule has 4 amide bonds. The maximum atomic E-state index is 13.6. The average molecular weight is 953 g/mol. The van der Waals surface area contributed by atoms with Gasteiger partial charge in [0.25, 0.3) is 22.7 Å². The lowest BCUT2D eigenvalue weighted by Gasteiger charge is -2.31. The summed E-state index contributed by atoms with van der Waals surface area (Å²) in [7, 11) is 1.61. The van der Waals surface area contributed by atoms with E-state index >= 15 is 0 Å². The van der Waals surface area contributed by atoms with Gasteiger partial charge in [-0.25, -0.2) is 29.0 Å². The molecule has 0 fully saturated rings. The standard InChI is InChI=1S/C38H36N10O16S2/c1-23(43(37(51)63-21-27-7-15-31(16-8-27)47(57)58)33(39)41-35(49)61-19-25-3-11-29(12-4-25)45(53)54)65-66-24(2)44(38(52)64-22-28-9-17-32(18-10-28)48(59)60)34(40)42-36(50)62-20-26-5-13-30(14-6-26)46(55)56/h3-18,23-24H,19-22H2,1-2H3,(H2,39,41,49)(H2,40,42,50). The Morgan fingerprint density at radius 1 is 0.485 bits per heavy atom. The van der Waals surface area contributed by atoms with Gasteiger partial charge in [-0.2, -0.15) is 0 Å². The number of nitro groups is 4. The number of guanidine groups is 2. The number of benzene rings is 4. The minimum absolute atomic E-state index is 0.207. The SMILES string of the molecule is CC(SSC(C)N(C(=N)NC(=O)OCc1ccc([N+](=O)[O-])cc1)C(=O)OCc1ccc([N+](=O)[O-])cc1)N(C(=N)NC(=O)OCc1ccc([N+](=O)[O-])cc1)C(=O)OCc1ccc([N+](=O)[O-])cc1. The first-order valence-electron chi connectivity index (χ1n) is 18.5. The molecule has 0 aliphatic heterocycles. The number of carbonyl (C=O) groups is 4. The van der Waals surface area contributed by atoms with Crippen LogP contribution in [-0.4, -0.2) is 76.5 Å². The molecule has 66 heavy (non-hydrogen) atoms. The van der Waals surface area contributed by atoms with E-state index in [1.165, 1.54) is 111 Å². The van der Waals surface area contributed by atoms with E-state index in [1.807, 2.05) is 0 Å². The lowest BCUT2D eigenvalue weighted by atomic mass is 10.2. The summed E-state index contributed by atoms with van der Waals surface area (Å²) in [4.78, 5) is 95.7. The van der Waals surface area contributed by atoms with Crippen molar-refractivity contribution in [2.45, 2.75) is 51.0 Å². The molecule has 346 valence electrons. The van der Waals surface area contributed by atoms with Crippen LogP contribution in [0, 0.1) is 51.3 Å². The number of rotatable bonds is 17. The molecular formula is C38H36N10O16S2. The summed E-state index contributed by atoms with van der Waals surface area (Å²) >= 11 is 0. The second-order valence-corrected chi connectivity index (χ2v) is 15.9. The van der Waals surface area contributed by atoms with Gasteiger partial charge in [-0.05, 0) is 84.6 Å². The normalized spacial score (nSPS) is 11.4. The van der Waals surface area contributed by atoms with Crippen molar-refractivity contribution in [3.05, 3.63) is 160 Å². The largest absolute Gasteiger partial charge is 0.444 e. The Morgan fingerprint density at radius 2 is 0.712 bits per heavy atom. The molecule has 2 atom stereocenters. The van der Waals surface area contributed by atoms with Gasteiger partial charge in [0.15, 0.2) is 0 Å². The Kier molecular flexibility index (Phi) is 18.2. The third-order valence-electron chi connectivity index (χ3n) is 8.43. The number of non-ortho nitro benzene ring substituents is 4. The van der Waals surface area contributed by atoms with Crippen molar-refractivity contribution >= 4 is 80.6 Å². The van der Waals surface area contributed by atoms with Gasteiger partial charge in [-0.15, -0.1) is 0 Å². The lowest BCUT2D eigenvalue weighted by molar-refractivity contribution is -0.385. The second-order valence-electron chi connectivity index (χ2n) is 13.0. The lowest BCUT2D eigenvalue weighted by Crippen LogP contribution is -2.51. The number of nitrogens with one attached hydrogen (secondary N) is 4. The van der Waals surface area contributed by atoms with Gasteiger partial charge in [-0.1, -0.05) is 21.6 Å². The van der Waals surface area contributed by atoms with E-state index in [1.54, 1.807) is 0 Å². The monoisotopic (exact) mass is 952 g/mol. The molecule has 26 nitrogen and oxygen atoms in total. The number of hydrogen-bond donors (Lipinski definition) is 4. The highest BCUT2D eigenvalue weighted by Crippen LogP contribution is 2.35. The Bertz CT molecular complexity index is 2290. The molecule has 0 saturated carbocycles. The van der Waals surface area contributed by atoms with Crippen molar-refractivity contribution in [1.82, 2.24) is 20.4 Å². The van der Waals surface area contributed by atoms with Gasteiger partial charge in [-0.3, -0.25) is 61.9 Å². The van der Waals surface area contributed by atoms with Gasteiger partial charge < -0.3 is 18.9 Å². The fraction of sp³-hybridized carbons (Fsp3) is 0.211. The Hall–Kier alpha value is -8.40. The van der Waals surface area contributed by atoms with Crippen LogP contribution in [0.25, 0.3) is 0 Å². The van der Waals surface area contributed by atoms with Gasteiger partial charge >= 0.3 is 24.4 Å². The molecule has 0 heterocycles. The number of amides is 4. The molecule has 4 aromatic rings. The highest BCUT2D eigenvalue weighted by molar-refractivity contribution is 8.77. The fourth-order valence-electron chi connectivity index (χ4n) is 5.06. The molecule has 28 heteroatoms. The number of nitrogens with zero attached hydrogens (tertiary/aromatic N) is 6. The van der Waals surface area contributed by atoms with Crippen molar-refractivity contribution in [2.75, 3.05) is 0 Å². The smallest absolute Gasteiger partial charge is 0.417 e. The molecule has 0 radical (unpaired) electrons. The molecule has 0 bridgehead atoms. The number of alkyl carbamates (subject to hydrolysis) is 2. The number of carbonyl (C=O) groups excluding carboxylic acids is 4. The predicted octanol–water partition coefficient (Wildman–Crippen LogP) is 7.69. The summed E-state index contributed by atoms with van der Waals surface area (Å²) in [6, 6.07) is 20.1. The number of ether oxygens (including phenoxy) is 4. The molecule has 4 aromatic carbocycles. The highest BCUT2D eigenvalue weighted by Gasteiger charge is 2.33. The molecule has 0 aliphatic rings. The zero-order valence-electron chi connectivity index (χ0n) is 34.3. The van der Waals surface area contributed by atoms with Gasteiger partial charge in [0.2, 0.25) is 11.9 Å². The number of hydrogen-bond acceptors (Lipinski definition) is 20. The van der Waals surface area contributed by atoms with E-state index in [9.17, 15) is 59.6 Å². The van der Waals surface area contributed by atoms with Crippen LogP contribution in [-0.2, 0) is 45.4 Å². The van der Waals surface area contributed by atoms with Gasteiger partial charge in [0.1, 0.15) is 26.4 Å². The van der Waals surface area contributed by atoms with Crippen LogP contribution in [0.15, 0.2) is 97.1 Å². The molecule has 2 unspecified atom stereocenters. The molecule has 0 spiro atoms. The van der Waals surface area contributed by atoms with Crippen LogP contribution in [0.4, 0.5) is 41.9 Å². The quantitative estimate of drug-likeness (QED) is 0.0150. The topological polar surface area (TPSA) is 356 Å². The van der Waals surface area contributed by atoms with Crippen LogP contribution < -0.4 is 10.6 Å². The first-order valence-corrected chi connectivity index (χ1v) is 20.8. The van der Waals surface area contributed by atoms with E-state index in [4.69, 9.17) is 29.8 Å². The maximum absolute atomic E-state index is 13.6. The first kappa shape index (κ1) is 50.2. The molecule has 0 saturated heterocycles. The van der Waals surface area contributed by atoms with E-state index < -0.39 is 79.9 Å². The van der Waals surface area contributed by atoms with Crippen LogP contribution in [0.3, 0.4) is 0 Å². The molecule has 4 rings (SSSR count). The molecule has 0 aromatic heterocycles. The van der Waals surface area contributed by atoms with Gasteiger partial charge in [0.05, 0.1) is 30.4 Å². The third-order valence-corrected chi connectivity index (χ3v) is 11.5. The van der Waals surface area contributed by atoms with Crippen LogP contribution in [0.1, 0.15) is 36.1 Å². The second kappa shape index (κ2) is 23.9. The van der Waals surface area contributed by atoms with Crippen molar-refractivity contribution in [1.29, 1.82) is 10.8 Å². The highest BCUT2D eigenvalue weighted by atomic mass is 33.1. The number of nitro benzene ring substituents is 4. The van der Waals surface area contributed by atoms with Crippen molar-refractivity contribution < 1.29 is 57.8 Å². The average Bonchev–Trinajstić information content (AvgIpc) is 3.28. The zero-order chi connectivity index (χ0) is 48.5. The summed E-state index contributed by atoms with van der Waals surface area (Å²) in [6.45, 7) is 1.13. The van der Waals surface area contributed by atoms with E-state index in [0.717, 1.165) is 21.6 Å². The summed E-state index contributed by atoms with van der Waals surface area (Å²) in [5.41, 5.74) is 0.468. The Morgan fingerprint density at radius 3 is 0.939 bits per heavy atom. The van der Waals surface area contributed by atoms with Gasteiger partial charge in [0, 0.05) is 48.5 Å². The summed E-state index contributed by atoms with van der Waals surface area (Å²) in [5.74, 6) is -1.73.